The van der Waals surface area contributed by atoms with Crippen molar-refractivity contribution in [3.05, 3.63) is 35.9 Å². The number of carbonyl (C=O) groups is 1. The predicted octanol–water partition coefficient (Wildman–Crippen LogP) is 1.86. The van der Waals surface area contributed by atoms with Gasteiger partial charge in [0.05, 0.1) is 12.2 Å². The quantitative estimate of drug-likeness (QED) is 0.511. The van der Waals surface area contributed by atoms with Crippen LogP contribution < -0.4 is 5.32 Å². The topological polar surface area (TPSA) is 32.3 Å². The van der Waals surface area contributed by atoms with Crippen LogP contribution in [0.4, 0.5) is 0 Å². The molecule has 1 N–H and O–H groups in total. The minimum atomic E-state index is -0.654. The first kappa shape index (κ1) is 11.9. The average molecular weight is 259 g/mol. The zero-order chi connectivity index (χ0) is 11.5. The van der Waals surface area contributed by atoms with Crippen LogP contribution in [0, 0.1) is 0 Å². The van der Waals surface area contributed by atoms with Crippen molar-refractivity contribution in [2.45, 2.75) is 11.0 Å². The van der Waals surface area contributed by atoms with E-state index in [0.717, 1.165) is 0 Å². The number of Topliss-reactive ketones (excluding diaryl/α,β-unsaturated/α-hetero) is 1. The van der Waals surface area contributed by atoms with E-state index in [1.54, 1.807) is 12.1 Å². The van der Waals surface area contributed by atoms with Gasteiger partial charge in [-0.05, 0) is 0 Å². The maximum atomic E-state index is 12.0. The number of benzene rings is 1. The molecule has 0 amide bonds. The van der Waals surface area contributed by atoms with Crippen molar-refractivity contribution in [2.24, 2.45) is 0 Å². The normalized spacial score (nSPS) is 23.2. The Morgan fingerprint density at radius 1 is 1.44 bits per heavy atom. The van der Waals surface area contributed by atoms with Gasteiger partial charge in [-0.1, -0.05) is 41.9 Å². The number of nitrogens with one attached hydrogen (secondary N) is 1. The summed E-state index contributed by atoms with van der Waals surface area (Å²) in [4.78, 5) is 13.8. The molecule has 1 saturated heterocycles. The molecule has 3 nitrogen and oxygen atoms in total. The zero-order valence-electron chi connectivity index (χ0n) is 8.57. The van der Waals surface area contributed by atoms with Gasteiger partial charge in [0.2, 0.25) is 0 Å². The molecule has 2 atom stereocenters. The van der Waals surface area contributed by atoms with Gasteiger partial charge in [0.15, 0.2) is 11.3 Å². The first-order valence-corrected chi connectivity index (χ1v) is 5.90. The van der Waals surface area contributed by atoms with E-state index in [4.69, 9.17) is 23.2 Å². The lowest BCUT2D eigenvalue weighted by Gasteiger charge is -2.19. The summed E-state index contributed by atoms with van der Waals surface area (Å²) in [7, 11) is 0. The fourth-order valence-corrected chi connectivity index (χ4v) is 2.15. The van der Waals surface area contributed by atoms with Gasteiger partial charge in [0.25, 0.3) is 0 Å². The minimum Gasteiger partial charge on any atom is -0.291 e. The summed E-state index contributed by atoms with van der Waals surface area (Å²) in [6, 6.07) is 9.04. The van der Waals surface area contributed by atoms with E-state index in [0.29, 0.717) is 18.8 Å². The van der Waals surface area contributed by atoms with Crippen LogP contribution in [0.15, 0.2) is 30.3 Å². The summed E-state index contributed by atoms with van der Waals surface area (Å²) in [5.41, 5.74) is -0.163. The molecule has 0 spiro atoms. The van der Waals surface area contributed by atoms with Crippen LogP contribution in [0.5, 0.6) is 0 Å². The van der Waals surface area contributed by atoms with Crippen molar-refractivity contribution >= 4 is 29.0 Å². The highest BCUT2D eigenvalue weighted by Gasteiger charge is 2.30. The number of alkyl halides is 2. The molecule has 86 valence electrons. The van der Waals surface area contributed by atoms with E-state index < -0.39 is 5.50 Å². The summed E-state index contributed by atoms with van der Waals surface area (Å²) in [5, 5.41) is 3.01. The summed E-state index contributed by atoms with van der Waals surface area (Å²) in [6.07, 6.45) is 0. The molecule has 5 heteroatoms. The van der Waals surface area contributed by atoms with Gasteiger partial charge < -0.3 is 0 Å². The van der Waals surface area contributed by atoms with Crippen LogP contribution in [0.2, 0.25) is 0 Å². The van der Waals surface area contributed by atoms with E-state index in [9.17, 15) is 4.79 Å². The highest BCUT2D eigenvalue weighted by molar-refractivity contribution is 6.33. The van der Waals surface area contributed by atoms with E-state index in [1.165, 1.54) is 0 Å². The second kappa shape index (κ2) is 5.15. The minimum absolute atomic E-state index is 0.0881. The van der Waals surface area contributed by atoms with Gasteiger partial charge in [-0.3, -0.25) is 15.0 Å². The first-order chi connectivity index (χ1) is 7.68. The summed E-state index contributed by atoms with van der Waals surface area (Å²) in [5.74, 6) is -0.0881. The molecule has 0 bridgehead atoms. The molecule has 1 aliphatic rings. The molecular formula is C11H12Cl2N2O. The van der Waals surface area contributed by atoms with E-state index >= 15 is 0 Å². The SMILES string of the molecule is O=C(c1ccccc1)C(Cl)N1CNC(Cl)C1. The zero-order valence-corrected chi connectivity index (χ0v) is 10.1. The standard InChI is InChI=1S/C11H12Cl2N2O/c12-9-6-15(7-14-9)11(13)10(16)8-4-2-1-3-5-8/h1-5,9,11,14H,6-7H2. The molecule has 1 fully saturated rings. The lowest BCUT2D eigenvalue weighted by molar-refractivity contribution is 0.0915. The van der Waals surface area contributed by atoms with Gasteiger partial charge >= 0.3 is 0 Å². The van der Waals surface area contributed by atoms with Gasteiger partial charge in [0, 0.05) is 12.1 Å². The summed E-state index contributed by atoms with van der Waals surface area (Å²) in [6.45, 7) is 1.12. The van der Waals surface area contributed by atoms with Crippen molar-refractivity contribution in [3.8, 4) is 0 Å². The molecule has 0 radical (unpaired) electrons. The van der Waals surface area contributed by atoms with E-state index in [-0.39, 0.29) is 11.3 Å². The van der Waals surface area contributed by atoms with Crippen molar-refractivity contribution in [1.82, 2.24) is 10.2 Å². The highest BCUT2D eigenvalue weighted by atomic mass is 35.5. The maximum Gasteiger partial charge on any atom is 0.195 e. The first-order valence-electron chi connectivity index (χ1n) is 5.03. The molecule has 2 unspecified atom stereocenters. The van der Waals surface area contributed by atoms with Crippen LogP contribution in [0.3, 0.4) is 0 Å². The Labute approximate surface area is 104 Å². The molecule has 1 aromatic rings. The van der Waals surface area contributed by atoms with Crippen molar-refractivity contribution in [2.75, 3.05) is 13.2 Å². The Balaban J connectivity index is 2.05. The maximum absolute atomic E-state index is 12.0. The molecule has 2 rings (SSSR count). The molecular weight excluding hydrogens is 247 g/mol. The predicted molar refractivity (Wildman–Crippen MR) is 64.8 cm³/mol. The number of nitrogens with zero attached hydrogens (tertiary/aromatic N) is 1. The number of carbonyl (C=O) groups excluding carboxylic acids is 1. The molecule has 0 aliphatic carbocycles. The van der Waals surface area contributed by atoms with Crippen LogP contribution in [-0.2, 0) is 0 Å². The van der Waals surface area contributed by atoms with E-state index in [1.807, 2.05) is 23.1 Å². The van der Waals surface area contributed by atoms with Gasteiger partial charge in [-0.15, -0.1) is 11.6 Å². The molecule has 1 aliphatic heterocycles. The Hall–Kier alpha value is -0.610. The summed E-state index contributed by atoms with van der Waals surface area (Å²) >= 11 is 12.0. The fourth-order valence-electron chi connectivity index (χ4n) is 1.63. The monoisotopic (exact) mass is 258 g/mol. The van der Waals surface area contributed by atoms with Crippen molar-refractivity contribution in [3.63, 3.8) is 0 Å². The highest BCUT2D eigenvalue weighted by Crippen LogP contribution is 2.16. The lowest BCUT2D eigenvalue weighted by Crippen LogP contribution is -2.36. The third kappa shape index (κ3) is 2.55. The second-order valence-corrected chi connectivity index (χ2v) is 4.61. The van der Waals surface area contributed by atoms with Crippen LogP contribution in [-0.4, -0.2) is 34.9 Å². The Bertz CT molecular complexity index is 372. The third-order valence-corrected chi connectivity index (χ3v) is 3.27. The molecule has 0 saturated carbocycles. The van der Waals surface area contributed by atoms with Crippen LogP contribution >= 0.6 is 23.2 Å². The van der Waals surface area contributed by atoms with Crippen LogP contribution in [0.25, 0.3) is 0 Å². The average Bonchev–Trinajstić information content (AvgIpc) is 2.75. The number of rotatable bonds is 3. The largest absolute Gasteiger partial charge is 0.291 e. The number of hydrogen-bond acceptors (Lipinski definition) is 3. The van der Waals surface area contributed by atoms with Crippen molar-refractivity contribution in [1.29, 1.82) is 0 Å². The Morgan fingerprint density at radius 2 is 2.12 bits per heavy atom. The lowest BCUT2D eigenvalue weighted by atomic mass is 10.1. The fraction of sp³-hybridized carbons (Fsp3) is 0.364. The molecule has 1 heterocycles. The number of hydrogen-bond donors (Lipinski definition) is 1. The smallest absolute Gasteiger partial charge is 0.195 e. The van der Waals surface area contributed by atoms with Gasteiger partial charge in [0.1, 0.15) is 0 Å². The van der Waals surface area contributed by atoms with Crippen LogP contribution in [0.1, 0.15) is 10.4 Å². The number of ketones is 1. The van der Waals surface area contributed by atoms with E-state index in [2.05, 4.69) is 5.32 Å². The number of halogens is 2. The van der Waals surface area contributed by atoms with Gasteiger partial charge in [-0.25, -0.2) is 0 Å². The molecule has 16 heavy (non-hydrogen) atoms. The summed E-state index contributed by atoms with van der Waals surface area (Å²) < 4.78 is 0. The molecule has 1 aromatic carbocycles. The Kier molecular flexibility index (Phi) is 3.82. The van der Waals surface area contributed by atoms with Gasteiger partial charge in [-0.2, -0.15) is 0 Å². The molecule has 0 aromatic heterocycles. The third-order valence-electron chi connectivity index (χ3n) is 2.51. The second-order valence-electron chi connectivity index (χ2n) is 3.67. The van der Waals surface area contributed by atoms with Crippen molar-refractivity contribution < 1.29 is 4.79 Å². The Morgan fingerprint density at radius 3 is 2.69 bits per heavy atom.